The molecule has 6 heteroatoms. The summed E-state index contributed by atoms with van der Waals surface area (Å²) in [6.45, 7) is 2.47. The van der Waals surface area contributed by atoms with Crippen LogP contribution in [0.15, 0.2) is 30.3 Å². The number of hydrogen-bond acceptors (Lipinski definition) is 4. The number of benzene rings is 1. The Balaban J connectivity index is 2.09. The molecule has 4 nitrogen and oxygen atoms in total. The van der Waals surface area contributed by atoms with E-state index in [0.29, 0.717) is 6.54 Å². The van der Waals surface area contributed by atoms with Gasteiger partial charge in [-0.2, -0.15) is 0 Å². The van der Waals surface area contributed by atoms with E-state index in [1.165, 1.54) is 5.56 Å². The van der Waals surface area contributed by atoms with E-state index >= 15 is 0 Å². The lowest BCUT2D eigenvalue weighted by molar-refractivity contribution is 0.578. The van der Waals surface area contributed by atoms with Crippen molar-refractivity contribution in [1.82, 2.24) is 4.98 Å². The number of nitrogens with zero attached hydrogens (tertiary/aromatic N) is 1. The third-order valence-electron chi connectivity index (χ3n) is 2.96. The van der Waals surface area contributed by atoms with E-state index in [4.69, 9.17) is 5.84 Å². The first-order valence-corrected chi connectivity index (χ1v) is 6.28. The number of rotatable bonds is 5. The zero-order valence-electron chi connectivity index (χ0n) is 11.1. The number of nitrogens with one attached hydrogen (secondary N) is 2. The Bertz CT molecular complexity index is 584. The van der Waals surface area contributed by atoms with E-state index in [0.717, 1.165) is 18.1 Å². The number of hydrazine groups is 1. The van der Waals surface area contributed by atoms with Crippen molar-refractivity contribution in [3.8, 4) is 0 Å². The predicted molar refractivity (Wildman–Crippen MR) is 75.1 cm³/mol. The first-order valence-electron chi connectivity index (χ1n) is 6.28. The van der Waals surface area contributed by atoms with Crippen molar-refractivity contribution in [3.05, 3.63) is 53.1 Å². The molecule has 1 heterocycles. The molecular weight excluding hydrogens is 262 g/mol. The summed E-state index contributed by atoms with van der Waals surface area (Å²) in [5.74, 6) is 3.28. The molecule has 2 aromatic rings. The fraction of sp³-hybridized carbons (Fsp3) is 0.214. The second-order valence-electron chi connectivity index (χ2n) is 4.32. The average Bonchev–Trinajstić information content (AvgIpc) is 2.47. The smallest absolute Gasteiger partial charge is 0.178 e. The second kappa shape index (κ2) is 6.29. The van der Waals surface area contributed by atoms with Gasteiger partial charge in [0.15, 0.2) is 23.3 Å². The van der Waals surface area contributed by atoms with Crippen molar-refractivity contribution in [2.24, 2.45) is 5.84 Å². The van der Waals surface area contributed by atoms with Crippen LogP contribution < -0.4 is 16.6 Å². The molecule has 2 rings (SSSR count). The maximum absolute atomic E-state index is 13.6. The Labute approximate surface area is 116 Å². The highest BCUT2D eigenvalue weighted by molar-refractivity contribution is 5.47. The molecule has 0 unspecified atom stereocenters. The van der Waals surface area contributed by atoms with Crippen molar-refractivity contribution in [2.45, 2.75) is 19.9 Å². The van der Waals surface area contributed by atoms with Gasteiger partial charge in [-0.05, 0) is 17.5 Å². The number of nitrogens with two attached hydrogens (primary N) is 1. The van der Waals surface area contributed by atoms with E-state index < -0.39 is 11.6 Å². The van der Waals surface area contributed by atoms with Gasteiger partial charge in [-0.1, -0.05) is 31.2 Å². The van der Waals surface area contributed by atoms with Gasteiger partial charge in [0.1, 0.15) is 0 Å². The molecule has 20 heavy (non-hydrogen) atoms. The lowest BCUT2D eigenvalue weighted by Crippen LogP contribution is -2.13. The fourth-order valence-corrected chi connectivity index (χ4v) is 1.77. The molecule has 0 amide bonds. The third kappa shape index (κ3) is 3.21. The molecule has 0 aliphatic rings. The van der Waals surface area contributed by atoms with Gasteiger partial charge in [0.05, 0.1) is 0 Å². The van der Waals surface area contributed by atoms with E-state index in [2.05, 4.69) is 22.7 Å². The van der Waals surface area contributed by atoms with Crippen LogP contribution in [0.4, 0.5) is 20.4 Å². The molecule has 0 fully saturated rings. The highest BCUT2D eigenvalue weighted by atomic mass is 19.1. The number of aromatic nitrogens is 1. The quantitative estimate of drug-likeness (QED) is 0.581. The zero-order valence-corrected chi connectivity index (χ0v) is 11.1. The second-order valence-corrected chi connectivity index (χ2v) is 4.32. The molecule has 1 aromatic carbocycles. The van der Waals surface area contributed by atoms with Crippen LogP contribution in [0.5, 0.6) is 0 Å². The molecule has 0 aliphatic heterocycles. The van der Waals surface area contributed by atoms with Crippen molar-refractivity contribution in [1.29, 1.82) is 0 Å². The van der Waals surface area contributed by atoms with Gasteiger partial charge in [-0.25, -0.2) is 19.6 Å². The molecule has 0 atom stereocenters. The summed E-state index contributed by atoms with van der Waals surface area (Å²) in [7, 11) is 0. The standard InChI is InChI=1S/C14H16F2N4/c1-2-9-3-5-10(6-4-9)8-18-13-11(15)7-12(16)14(19-13)20-17/h3-7H,2,8,17H2,1H3,(H2,18,19,20). The van der Waals surface area contributed by atoms with Crippen LogP contribution >= 0.6 is 0 Å². The summed E-state index contributed by atoms with van der Waals surface area (Å²) < 4.78 is 26.8. The SMILES string of the molecule is CCc1ccc(CNc2nc(NN)c(F)cc2F)cc1. The lowest BCUT2D eigenvalue weighted by Gasteiger charge is -2.09. The molecule has 0 spiro atoms. The minimum absolute atomic E-state index is 0.0427. The Morgan fingerprint density at radius 1 is 1.05 bits per heavy atom. The van der Waals surface area contributed by atoms with Crippen molar-refractivity contribution in [2.75, 3.05) is 10.7 Å². The minimum Gasteiger partial charge on any atom is -0.363 e. The maximum atomic E-state index is 13.6. The van der Waals surface area contributed by atoms with Crippen LogP contribution in [0.3, 0.4) is 0 Å². The van der Waals surface area contributed by atoms with Crippen molar-refractivity contribution in [3.63, 3.8) is 0 Å². The molecule has 1 aromatic heterocycles. The van der Waals surface area contributed by atoms with E-state index in [1.54, 1.807) is 0 Å². The lowest BCUT2D eigenvalue weighted by atomic mass is 10.1. The third-order valence-corrected chi connectivity index (χ3v) is 2.96. The highest BCUT2D eigenvalue weighted by Crippen LogP contribution is 2.19. The summed E-state index contributed by atoms with van der Waals surface area (Å²) in [5.41, 5.74) is 4.30. The van der Waals surface area contributed by atoms with Crippen LogP contribution in [0.2, 0.25) is 0 Å². The highest BCUT2D eigenvalue weighted by Gasteiger charge is 2.10. The first kappa shape index (κ1) is 14.2. The molecule has 4 N–H and O–H groups in total. The Hall–Kier alpha value is -2.21. The normalized spacial score (nSPS) is 10.4. The van der Waals surface area contributed by atoms with E-state index in [-0.39, 0.29) is 11.6 Å². The zero-order chi connectivity index (χ0) is 14.5. The largest absolute Gasteiger partial charge is 0.363 e. The van der Waals surface area contributed by atoms with Crippen molar-refractivity contribution < 1.29 is 8.78 Å². The molecule has 0 aliphatic carbocycles. The maximum Gasteiger partial charge on any atom is 0.178 e. The first-order chi connectivity index (χ1) is 9.63. The molecule has 0 saturated carbocycles. The summed E-state index contributed by atoms with van der Waals surface area (Å²) in [6, 6.07) is 8.67. The summed E-state index contributed by atoms with van der Waals surface area (Å²) >= 11 is 0. The Kier molecular flexibility index (Phi) is 4.47. The van der Waals surface area contributed by atoms with E-state index in [1.807, 2.05) is 24.3 Å². The average molecular weight is 278 g/mol. The molecular formula is C14H16F2N4. The number of anilines is 2. The number of nitrogen functional groups attached to an aromatic ring is 1. The van der Waals surface area contributed by atoms with Crippen LogP contribution in [-0.4, -0.2) is 4.98 Å². The van der Waals surface area contributed by atoms with Crippen LogP contribution in [0.1, 0.15) is 18.1 Å². The van der Waals surface area contributed by atoms with Crippen molar-refractivity contribution >= 4 is 11.6 Å². The van der Waals surface area contributed by atoms with Gasteiger partial charge < -0.3 is 10.7 Å². The van der Waals surface area contributed by atoms with Gasteiger partial charge in [0, 0.05) is 12.6 Å². The monoisotopic (exact) mass is 278 g/mol. The number of halogens is 2. The number of pyridine rings is 1. The number of hydrogen-bond donors (Lipinski definition) is 3. The van der Waals surface area contributed by atoms with Gasteiger partial charge in [-0.15, -0.1) is 0 Å². The Morgan fingerprint density at radius 2 is 1.65 bits per heavy atom. The topological polar surface area (TPSA) is 63.0 Å². The minimum atomic E-state index is -0.831. The van der Waals surface area contributed by atoms with Gasteiger partial charge >= 0.3 is 0 Å². The van der Waals surface area contributed by atoms with Gasteiger partial charge in [0.25, 0.3) is 0 Å². The van der Waals surface area contributed by atoms with E-state index in [9.17, 15) is 8.78 Å². The fourth-order valence-electron chi connectivity index (χ4n) is 1.77. The van der Waals surface area contributed by atoms with Gasteiger partial charge in [0.2, 0.25) is 0 Å². The van der Waals surface area contributed by atoms with Crippen LogP contribution in [-0.2, 0) is 13.0 Å². The molecule has 0 saturated heterocycles. The Morgan fingerprint density at radius 3 is 2.25 bits per heavy atom. The van der Waals surface area contributed by atoms with Gasteiger partial charge in [-0.3, -0.25) is 0 Å². The van der Waals surface area contributed by atoms with Crippen LogP contribution in [0.25, 0.3) is 0 Å². The summed E-state index contributed by atoms with van der Waals surface area (Å²) in [6.07, 6.45) is 0.966. The molecule has 0 radical (unpaired) electrons. The number of aryl methyl sites for hydroxylation is 1. The predicted octanol–water partition coefficient (Wildman–Crippen LogP) is 2.82. The summed E-state index contributed by atoms with van der Waals surface area (Å²) in [5, 5.41) is 2.82. The molecule has 106 valence electrons. The summed E-state index contributed by atoms with van der Waals surface area (Å²) in [4.78, 5) is 3.74. The van der Waals surface area contributed by atoms with Crippen LogP contribution in [0, 0.1) is 11.6 Å². The molecule has 0 bridgehead atoms.